The highest BCUT2D eigenvalue weighted by Crippen LogP contribution is 2.56. The van der Waals surface area contributed by atoms with E-state index in [1.54, 1.807) is 53.9 Å². The molecule has 4 atom stereocenters. The maximum atomic E-state index is 17.0. The minimum absolute atomic E-state index is 0.131. The van der Waals surface area contributed by atoms with Crippen molar-refractivity contribution in [2.45, 2.75) is 37.0 Å². The molecule has 196 valence electrons. The Labute approximate surface area is 222 Å². The lowest BCUT2D eigenvalue weighted by molar-refractivity contribution is -0.267. The van der Waals surface area contributed by atoms with Crippen LogP contribution in [0.2, 0.25) is 0 Å². The summed E-state index contributed by atoms with van der Waals surface area (Å²) in [5, 5.41) is 1.58. The number of carbonyl (C=O) groups is 3. The number of fused-ring (bicyclic) bond motifs is 1. The number of thiophene rings is 1. The number of Topliss-reactive ketones (excluding diaryl/α,β-unsaturated/α-hetero) is 1. The van der Waals surface area contributed by atoms with Gasteiger partial charge in [0, 0.05) is 25.1 Å². The summed E-state index contributed by atoms with van der Waals surface area (Å²) in [4.78, 5) is 42.6. The molecule has 1 fully saturated rings. The summed E-state index contributed by atoms with van der Waals surface area (Å²) in [6.45, 7) is 0.764. The third kappa shape index (κ3) is 4.34. The summed E-state index contributed by atoms with van der Waals surface area (Å²) in [5.74, 6) is -3.70. The van der Waals surface area contributed by atoms with E-state index in [1.165, 1.54) is 32.4 Å². The van der Waals surface area contributed by atoms with Crippen molar-refractivity contribution in [1.29, 1.82) is 0 Å². The summed E-state index contributed by atoms with van der Waals surface area (Å²) in [6.07, 6.45) is -1.21. The molecule has 0 amide bonds. The van der Waals surface area contributed by atoms with Crippen molar-refractivity contribution in [3.05, 3.63) is 87.6 Å². The first-order valence-corrected chi connectivity index (χ1v) is 12.7. The fourth-order valence-electron chi connectivity index (χ4n) is 4.66. The molecule has 1 saturated heterocycles. The van der Waals surface area contributed by atoms with E-state index in [1.807, 2.05) is 0 Å². The van der Waals surface area contributed by atoms with E-state index in [0.717, 1.165) is 11.3 Å². The van der Waals surface area contributed by atoms with Gasteiger partial charge in [0.05, 0.1) is 27.3 Å². The van der Waals surface area contributed by atoms with Gasteiger partial charge in [-0.2, -0.15) is 0 Å². The Morgan fingerprint density at radius 2 is 1.71 bits per heavy atom. The molecule has 2 aliphatic heterocycles. The Kier molecular flexibility index (Phi) is 6.95. The molecule has 2 aliphatic rings. The first-order valence-electron chi connectivity index (χ1n) is 11.9. The highest BCUT2D eigenvalue weighted by Gasteiger charge is 2.69. The second kappa shape index (κ2) is 10.2. The first kappa shape index (κ1) is 25.9. The molecule has 0 aliphatic carbocycles. The molecule has 10 heteroatoms. The number of halogens is 1. The van der Waals surface area contributed by atoms with Crippen molar-refractivity contribution < 1.29 is 37.7 Å². The molecule has 0 spiro atoms. The fourth-order valence-corrected chi connectivity index (χ4v) is 5.90. The first-order chi connectivity index (χ1) is 18.3. The van der Waals surface area contributed by atoms with Crippen molar-refractivity contribution in [1.82, 2.24) is 0 Å². The van der Waals surface area contributed by atoms with Crippen LogP contribution in [0.15, 0.2) is 71.0 Å². The second-order valence-electron chi connectivity index (χ2n) is 8.98. The monoisotopic (exact) mass is 537 g/mol. The Morgan fingerprint density at radius 3 is 2.34 bits per heavy atom. The zero-order chi connectivity index (χ0) is 26.9. The third-order valence-electron chi connectivity index (χ3n) is 6.61. The summed E-state index contributed by atoms with van der Waals surface area (Å²) in [7, 11) is 1.26. The molecule has 0 unspecified atom stereocenters. The maximum absolute atomic E-state index is 17.0. The highest BCUT2D eigenvalue weighted by molar-refractivity contribution is 7.11. The van der Waals surface area contributed by atoms with Crippen LogP contribution in [0.1, 0.15) is 49.3 Å². The molecular weight excluding hydrogens is 513 g/mol. The molecular formula is C28H24FNO7S. The van der Waals surface area contributed by atoms with Gasteiger partial charge in [0.25, 0.3) is 0 Å². The molecule has 0 radical (unpaired) electrons. The van der Waals surface area contributed by atoms with Crippen LogP contribution in [0.25, 0.3) is 0 Å². The molecule has 5 rings (SSSR count). The van der Waals surface area contributed by atoms with E-state index in [9.17, 15) is 14.4 Å². The number of hydrogen-bond acceptors (Lipinski definition) is 9. The standard InChI is InChI=1S/C28H24FNO7S/c1-27(29)23(36-26(33)18-11-7-4-8-12-18)21(15-35-25(32)17-9-5-3-6-10-17)37-28(27,34-2)24-22-19(16-38-24)20(31)13-14-30-22/h3-12,14,16,21,23H,13,15H2,1-2H3/t21-,23-,27-,28+/m1/s1. The van der Waals surface area contributed by atoms with Gasteiger partial charge in [-0.3, -0.25) is 9.79 Å². The number of carbonyl (C=O) groups excluding carboxylic acids is 3. The number of rotatable bonds is 7. The topological polar surface area (TPSA) is 100 Å². The molecule has 2 aromatic carbocycles. The number of esters is 2. The SMILES string of the molecule is CO[C@@]1(c2scc3c2N=CCC3=O)O[C@H](COC(=O)c2ccccc2)[C@@H](OC(=O)c2ccccc2)[C@@]1(C)F. The Balaban J connectivity index is 1.51. The van der Waals surface area contributed by atoms with Gasteiger partial charge in [-0.05, 0) is 31.2 Å². The fraction of sp³-hybridized carbons (Fsp3) is 0.286. The quantitative estimate of drug-likeness (QED) is 0.389. The van der Waals surface area contributed by atoms with Crippen molar-refractivity contribution in [2.75, 3.05) is 13.7 Å². The lowest BCUT2D eigenvalue weighted by Crippen LogP contribution is -2.51. The predicted molar refractivity (Wildman–Crippen MR) is 137 cm³/mol. The van der Waals surface area contributed by atoms with Gasteiger partial charge in [-0.1, -0.05) is 36.4 Å². The van der Waals surface area contributed by atoms with Gasteiger partial charge in [0.1, 0.15) is 12.7 Å². The van der Waals surface area contributed by atoms with Crippen molar-refractivity contribution >= 4 is 41.0 Å². The summed E-state index contributed by atoms with van der Waals surface area (Å²) in [6, 6.07) is 16.4. The van der Waals surface area contributed by atoms with Gasteiger partial charge < -0.3 is 18.9 Å². The van der Waals surface area contributed by atoms with Crippen LogP contribution in [-0.2, 0) is 24.7 Å². The number of benzene rings is 2. The summed E-state index contributed by atoms with van der Waals surface area (Å²) in [5.41, 5.74) is -1.40. The third-order valence-corrected chi connectivity index (χ3v) is 7.66. The van der Waals surface area contributed by atoms with E-state index in [2.05, 4.69) is 4.99 Å². The number of ether oxygens (including phenoxy) is 4. The number of methoxy groups -OCH3 is 1. The zero-order valence-electron chi connectivity index (χ0n) is 20.6. The average molecular weight is 538 g/mol. The Morgan fingerprint density at radius 1 is 1.08 bits per heavy atom. The number of hydrogen-bond donors (Lipinski definition) is 0. The van der Waals surface area contributed by atoms with Crippen molar-refractivity contribution in [2.24, 2.45) is 4.99 Å². The molecule has 8 nitrogen and oxygen atoms in total. The van der Waals surface area contributed by atoms with E-state index < -0.39 is 42.2 Å². The zero-order valence-corrected chi connectivity index (χ0v) is 21.4. The van der Waals surface area contributed by atoms with Gasteiger partial charge in [-0.15, -0.1) is 11.3 Å². The number of ketones is 1. The van der Waals surface area contributed by atoms with Crippen molar-refractivity contribution in [3.8, 4) is 0 Å². The van der Waals surface area contributed by atoms with Crippen LogP contribution in [0.3, 0.4) is 0 Å². The molecule has 3 aromatic rings. The molecule has 0 N–H and O–H groups in total. The normalized spacial score (nSPS) is 26.1. The number of aliphatic imine (C=N–C) groups is 1. The lowest BCUT2D eigenvalue weighted by Gasteiger charge is -2.36. The van der Waals surface area contributed by atoms with Crippen LogP contribution >= 0.6 is 11.3 Å². The number of alkyl halides is 1. The Hall–Kier alpha value is -3.73. The van der Waals surface area contributed by atoms with Crippen LogP contribution < -0.4 is 0 Å². The highest BCUT2D eigenvalue weighted by atomic mass is 32.1. The number of nitrogens with zero attached hydrogens (tertiary/aromatic N) is 1. The van der Waals surface area contributed by atoms with E-state index in [0.29, 0.717) is 11.1 Å². The minimum Gasteiger partial charge on any atom is -0.459 e. The van der Waals surface area contributed by atoms with Gasteiger partial charge >= 0.3 is 11.9 Å². The van der Waals surface area contributed by atoms with Crippen LogP contribution in [0.4, 0.5) is 10.1 Å². The van der Waals surface area contributed by atoms with E-state index in [4.69, 9.17) is 18.9 Å². The lowest BCUT2D eigenvalue weighted by atomic mass is 9.89. The molecule has 3 heterocycles. The molecule has 0 bridgehead atoms. The Bertz CT molecular complexity index is 1390. The molecule has 1 aromatic heterocycles. The summed E-state index contributed by atoms with van der Waals surface area (Å²) < 4.78 is 40.0. The van der Waals surface area contributed by atoms with Gasteiger partial charge in [-0.25, -0.2) is 14.0 Å². The van der Waals surface area contributed by atoms with Gasteiger partial charge in [0.15, 0.2) is 11.9 Å². The molecule has 0 saturated carbocycles. The summed E-state index contributed by atoms with van der Waals surface area (Å²) >= 11 is 1.06. The van der Waals surface area contributed by atoms with E-state index in [-0.39, 0.29) is 28.3 Å². The van der Waals surface area contributed by atoms with Crippen molar-refractivity contribution in [3.63, 3.8) is 0 Å². The average Bonchev–Trinajstić information content (AvgIpc) is 3.46. The second-order valence-corrected chi connectivity index (χ2v) is 9.85. The van der Waals surface area contributed by atoms with Crippen LogP contribution in [-0.4, -0.2) is 55.5 Å². The van der Waals surface area contributed by atoms with Crippen LogP contribution in [0.5, 0.6) is 0 Å². The minimum atomic E-state index is -2.48. The largest absolute Gasteiger partial charge is 0.459 e. The van der Waals surface area contributed by atoms with Gasteiger partial charge in [0.2, 0.25) is 11.5 Å². The van der Waals surface area contributed by atoms with E-state index >= 15 is 4.39 Å². The maximum Gasteiger partial charge on any atom is 0.338 e. The molecule has 38 heavy (non-hydrogen) atoms. The smallest absolute Gasteiger partial charge is 0.338 e. The predicted octanol–water partition coefficient (Wildman–Crippen LogP) is 5.05. The van der Waals surface area contributed by atoms with Crippen LogP contribution in [0, 0.1) is 0 Å².